The lowest BCUT2D eigenvalue weighted by molar-refractivity contribution is 0.471. The first-order valence-electron chi connectivity index (χ1n) is 5.88. The van der Waals surface area contributed by atoms with Crippen molar-refractivity contribution in [2.24, 2.45) is 0 Å². The Kier molecular flexibility index (Phi) is 2.74. The molecule has 0 aromatic heterocycles. The summed E-state index contributed by atoms with van der Waals surface area (Å²) in [6, 6.07) is 7.41. The smallest absolute Gasteiger partial charge is 0.130 e. The number of fused-ring (bicyclic) bond motifs is 3. The van der Waals surface area contributed by atoms with Crippen LogP contribution in [0.3, 0.4) is 0 Å². The molecule has 0 unspecified atom stereocenters. The van der Waals surface area contributed by atoms with Gasteiger partial charge in [-0.2, -0.15) is 0 Å². The van der Waals surface area contributed by atoms with Crippen molar-refractivity contribution < 1.29 is 10.2 Å². The molecule has 0 amide bonds. The Hall–Kier alpha value is -1.00. The molecule has 4 heteroatoms. The molecule has 19 heavy (non-hydrogen) atoms. The maximum atomic E-state index is 9.88. The Morgan fingerprint density at radius 2 is 1.16 bits per heavy atom. The van der Waals surface area contributed by atoms with Crippen LogP contribution in [0.2, 0.25) is 0 Å². The molecule has 0 aliphatic heterocycles. The standard InChI is InChI=1S/C15H12Br2O2/c1-15(2)9-5-11(16)13(18)3-7(9)8-4-14(19)12(17)6-10(8)15/h3-6,18-19H,1-2H3. The molecule has 1 aliphatic carbocycles. The molecular weight excluding hydrogens is 372 g/mol. The van der Waals surface area contributed by atoms with Crippen molar-refractivity contribution >= 4 is 31.9 Å². The van der Waals surface area contributed by atoms with Gasteiger partial charge in [0.1, 0.15) is 11.5 Å². The summed E-state index contributed by atoms with van der Waals surface area (Å²) in [5, 5.41) is 19.8. The highest BCUT2D eigenvalue weighted by atomic mass is 79.9. The van der Waals surface area contributed by atoms with Gasteiger partial charge in [0.15, 0.2) is 0 Å². The summed E-state index contributed by atoms with van der Waals surface area (Å²) in [5.74, 6) is 0.426. The van der Waals surface area contributed by atoms with Gasteiger partial charge >= 0.3 is 0 Å². The summed E-state index contributed by atoms with van der Waals surface area (Å²) in [6.45, 7) is 4.29. The largest absolute Gasteiger partial charge is 0.507 e. The van der Waals surface area contributed by atoms with Crippen molar-refractivity contribution in [2.75, 3.05) is 0 Å². The van der Waals surface area contributed by atoms with Crippen molar-refractivity contribution in [3.05, 3.63) is 44.3 Å². The number of halogens is 2. The molecule has 0 spiro atoms. The van der Waals surface area contributed by atoms with Crippen molar-refractivity contribution in [2.45, 2.75) is 19.3 Å². The first-order valence-corrected chi connectivity index (χ1v) is 7.47. The van der Waals surface area contributed by atoms with Crippen LogP contribution in [0.5, 0.6) is 11.5 Å². The Labute approximate surface area is 128 Å². The molecule has 98 valence electrons. The van der Waals surface area contributed by atoms with E-state index in [1.54, 1.807) is 12.1 Å². The van der Waals surface area contributed by atoms with Crippen LogP contribution >= 0.6 is 31.9 Å². The van der Waals surface area contributed by atoms with Gasteiger partial charge in [0.05, 0.1) is 8.95 Å². The predicted octanol–water partition coefficient (Wildman–Crippen LogP) is 4.93. The van der Waals surface area contributed by atoms with Gasteiger partial charge in [0, 0.05) is 5.41 Å². The van der Waals surface area contributed by atoms with E-state index in [4.69, 9.17) is 0 Å². The van der Waals surface area contributed by atoms with Crippen LogP contribution in [0.15, 0.2) is 33.2 Å². The Balaban J connectivity index is 2.40. The zero-order valence-corrected chi connectivity index (χ0v) is 13.6. The SMILES string of the molecule is CC1(C)c2cc(Br)c(O)cc2-c2cc(O)c(Br)cc21. The quantitative estimate of drug-likeness (QED) is 0.677. The average Bonchev–Trinajstić information content (AvgIpc) is 2.52. The minimum Gasteiger partial charge on any atom is -0.507 e. The van der Waals surface area contributed by atoms with Crippen LogP contribution < -0.4 is 0 Å². The van der Waals surface area contributed by atoms with Gasteiger partial charge in [-0.3, -0.25) is 0 Å². The molecule has 3 rings (SSSR count). The molecular formula is C15H12Br2O2. The van der Waals surface area contributed by atoms with Crippen LogP contribution in [0.4, 0.5) is 0 Å². The fourth-order valence-electron chi connectivity index (χ4n) is 2.75. The topological polar surface area (TPSA) is 40.5 Å². The summed E-state index contributed by atoms with van der Waals surface area (Å²) in [4.78, 5) is 0. The van der Waals surface area contributed by atoms with Crippen LogP contribution in [0, 0.1) is 0 Å². The maximum Gasteiger partial charge on any atom is 0.130 e. The summed E-state index contributed by atoms with van der Waals surface area (Å²) in [5.41, 5.74) is 4.08. The van der Waals surface area contributed by atoms with E-state index in [-0.39, 0.29) is 16.9 Å². The first kappa shape index (κ1) is 13.0. The van der Waals surface area contributed by atoms with E-state index in [2.05, 4.69) is 45.7 Å². The molecule has 2 N–H and O–H groups in total. The second-order valence-corrected chi connectivity index (χ2v) is 7.03. The van der Waals surface area contributed by atoms with Crippen LogP contribution in [-0.4, -0.2) is 10.2 Å². The average molecular weight is 384 g/mol. The molecule has 0 heterocycles. The Bertz CT molecular complexity index is 646. The Morgan fingerprint density at radius 3 is 1.53 bits per heavy atom. The molecule has 0 saturated carbocycles. The summed E-state index contributed by atoms with van der Waals surface area (Å²) < 4.78 is 1.38. The monoisotopic (exact) mass is 382 g/mol. The number of benzene rings is 2. The molecule has 1 aliphatic rings. The van der Waals surface area contributed by atoms with Crippen LogP contribution in [-0.2, 0) is 5.41 Å². The van der Waals surface area contributed by atoms with E-state index in [0.29, 0.717) is 8.95 Å². The van der Waals surface area contributed by atoms with E-state index >= 15 is 0 Å². The summed E-state index contributed by atoms with van der Waals surface area (Å²) in [6.07, 6.45) is 0. The third-order valence-corrected chi connectivity index (χ3v) is 5.08. The minimum absolute atomic E-state index is 0.156. The van der Waals surface area contributed by atoms with Crippen LogP contribution in [0.1, 0.15) is 25.0 Å². The molecule has 0 atom stereocenters. The zero-order chi connectivity index (χ0) is 13.9. The Morgan fingerprint density at radius 1 is 0.789 bits per heavy atom. The second kappa shape index (κ2) is 4.00. The number of rotatable bonds is 0. The lowest BCUT2D eigenvalue weighted by Crippen LogP contribution is -2.14. The van der Waals surface area contributed by atoms with Gasteiger partial charge in [-0.15, -0.1) is 0 Å². The zero-order valence-electron chi connectivity index (χ0n) is 10.5. The molecule has 0 radical (unpaired) electrons. The molecule has 2 nitrogen and oxygen atoms in total. The van der Waals surface area contributed by atoms with Crippen molar-refractivity contribution in [1.29, 1.82) is 0 Å². The number of hydrogen-bond acceptors (Lipinski definition) is 2. The highest BCUT2D eigenvalue weighted by Crippen LogP contribution is 2.52. The molecule has 2 aromatic carbocycles. The molecule has 0 fully saturated rings. The number of aromatic hydroxyl groups is 2. The maximum absolute atomic E-state index is 9.88. The van der Waals surface area contributed by atoms with E-state index < -0.39 is 0 Å². The lowest BCUT2D eigenvalue weighted by Gasteiger charge is -2.22. The number of hydrogen-bond donors (Lipinski definition) is 2. The first-order chi connectivity index (χ1) is 8.82. The fraction of sp³-hybridized carbons (Fsp3) is 0.200. The van der Waals surface area contributed by atoms with Crippen molar-refractivity contribution in [3.63, 3.8) is 0 Å². The van der Waals surface area contributed by atoms with Gasteiger partial charge in [-0.05, 0) is 78.4 Å². The van der Waals surface area contributed by atoms with Crippen molar-refractivity contribution in [1.82, 2.24) is 0 Å². The van der Waals surface area contributed by atoms with Gasteiger partial charge in [0.2, 0.25) is 0 Å². The van der Waals surface area contributed by atoms with Gasteiger partial charge in [-0.1, -0.05) is 13.8 Å². The second-order valence-electron chi connectivity index (χ2n) is 5.32. The summed E-state index contributed by atoms with van der Waals surface area (Å²) >= 11 is 6.73. The van der Waals surface area contributed by atoms with Gasteiger partial charge < -0.3 is 10.2 Å². The minimum atomic E-state index is -0.156. The predicted molar refractivity (Wildman–Crippen MR) is 82.7 cm³/mol. The number of phenolic OH excluding ortho intramolecular Hbond substituents is 2. The van der Waals surface area contributed by atoms with Gasteiger partial charge in [0.25, 0.3) is 0 Å². The third kappa shape index (κ3) is 1.73. The highest BCUT2D eigenvalue weighted by molar-refractivity contribution is 9.10. The van der Waals surface area contributed by atoms with Crippen molar-refractivity contribution in [3.8, 4) is 22.6 Å². The molecule has 0 saturated heterocycles. The van der Waals surface area contributed by atoms with E-state index in [1.165, 1.54) is 0 Å². The van der Waals surface area contributed by atoms with E-state index in [1.807, 2.05) is 12.1 Å². The third-order valence-electron chi connectivity index (χ3n) is 3.81. The fourth-order valence-corrected chi connectivity index (χ4v) is 3.44. The van der Waals surface area contributed by atoms with Crippen LogP contribution in [0.25, 0.3) is 11.1 Å². The molecule has 0 bridgehead atoms. The lowest BCUT2D eigenvalue weighted by atomic mass is 9.82. The molecule has 2 aromatic rings. The number of phenols is 2. The normalized spacial score (nSPS) is 15.2. The summed E-state index contributed by atoms with van der Waals surface area (Å²) in [7, 11) is 0. The van der Waals surface area contributed by atoms with E-state index in [0.717, 1.165) is 22.3 Å². The van der Waals surface area contributed by atoms with E-state index in [9.17, 15) is 10.2 Å². The van der Waals surface area contributed by atoms with Gasteiger partial charge in [-0.25, -0.2) is 0 Å². The highest BCUT2D eigenvalue weighted by Gasteiger charge is 2.36.